The molecule has 1 spiro atoms. The van der Waals surface area contributed by atoms with Gasteiger partial charge in [-0.15, -0.1) is 0 Å². The Balaban J connectivity index is 1.60. The minimum atomic E-state index is -4.34. The minimum absolute atomic E-state index is 0.0711. The molecular formula is C20H17F3N2O. The van der Waals surface area contributed by atoms with Crippen LogP contribution in [-0.4, -0.2) is 28.7 Å². The number of likely N-dealkylation sites (N-methyl/N-ethyl adjacent to an activating group) is 1. The zero-order valence-corrected chi connectivity index (χ0v) is 14.2. The van der Waals surface area contributed by atoms with Crippen molar-refractivity contribution in [3.8, 4) is 11.1 Å². The summed E-state index contributed by atoms with van der Waals surface area (Å²) >= 11 is 0. The van der Waals surface area contributed by atoms with E-state index in [9.17, 15) is 18.0 Å². The van der Waals surface area contributed by atoms with Gasteiger partial charge in [-0.1, -0.05) is 36.4 Å². The van der Waals surface area contributed by atoms with Crippen LogP contribution in [0.2, 0.25) is 0 Å². The smallest absolute Gasteiger partial charge is 0.295 e. The summed E-state index contributed by atoms with van der Waals surface area (Å²) in [7, 11) is 0. The molecule has 2 aromatic carbocycles. The van der Waals surface area contributed by atoms with Crippen LogP contribution in [0.1, 0.15) is 30.9 Å². The van der Waals surface area contributed by atoms with Gasteiger partial charge in [0, 0.05) is 12.1 Å². The van der Waals surface area contributed by atoms with E-state index in [1.807, 2.05) is 31.2 Å². The Kier molecular flexibility index (Phi) is 3.68. The van der Waals surface area contributed by atoms with E-state index in [4.69, 9.17) is 0 Å². The lowest BCUT2D eigenvalue weighted by Crippen LogP contribution is -2.36. The number of aliphatic imine (C=N–C) groups is 1. The molecule has 0 bridgehead atoms. The number of hydrogen-bond acceptors (Lipinski definition) is 2. The van der Waals surface area contributed by atoms with E-state index >= 15 is 0 Å². The zero-order valence-electron chi connectivity index (χ0n) is 14.2. The molecule has 26 heavy (non-hydrogen) atoms. The van der Waals surface area contributed by atoms with Crippen molar-refractivity contribution in [3.63, 3.8) is 0 Å². The van der Waals surface area contributed by atoms with Crippen LogP contribution < -0.4 is 0 Å². The summed E-state index contributed by atoms with van der Waals surface area (Å²) < 4.78 is 38.0. The van der Waals surface area contributed by atoms with Gasteiger partial charge in [0.1, 0.15) is 11.4 Å². The number of benzene rings is 2. The number of amides is 1. The molecule has 6 heteroatoms. The molecule has 1 aliphatic carbocycles. The molecule has 2 aromatic rings. The quantitative estimate of drug-likeness (QED) is 0.794. The molecule has 0 N–H and O–H groups in total. The summed E-state index contributed by atoms with van der Waals surface area (Å²) in [6.45, 7) is 2.49. The number of carbonyl (C=O) groups excluding carboxylic acids is 1. The first-order valence-corrected chi connectivity index (χ1v) is 8.54. The van der Waals surface area contributed by atoms with E-state index in [1.165, 1.54) is 12.1 Å². The second-order valence-electron chi connectivity index (χ2n) is 6.67. The van der Waals surface area contributed by atoms with Crippen LogP contribution in [0.4, 0.5) is 13.2 Å². The van der Waals surface area contributed by atoms with Crippen LogP contribution >= 0.6 is 0 Å². The first-order chi connectivity index (χ1) is 12.3. The Morgan fingerprint density at radius 2 is 1.46 bits per heavy atom. The van der Waals surface area contributed by atoms with Crippen molar-refractivity contribution >= 4 is 11.7 Å². The Labute approximate surface area is 149 Å². The highest BCUT2D eigenvalue weighted by molar-refractivity contribution is 6.16. The molecule has 3 nitrogen and oxygen atoms in total. The number of halogens is 3. The van der Waals surface area contributed by atoms with E-state index in [0.29, 0.717) is 17.9 Å². The molecule has 134 valence electrons. The minimum Gasteiger partial charge on any atom is -0.295 e. The molecule has 1 fully saturated rings. The van der Waals surface area contributed by atoms with Gasteiger partial charge in [0.05, 0.1) is 5.56 Å². The number of amidine groups is 1. The first kappa shape index (κ1) is 16.8. The number of nitrogens with zero attached hydrogens (tertiary/aromatic N) is 2. The molecule has 0 aromatic heterocycles. The van der Waals surface area contributed by atoms with Crippen molar-refractivity contribution in [3.05, 3.63) is 59.7 Å². The van der Waals surface area contributed by atoms with Crippen LogP contribution in [0.25, 0.3) is 11.1 Å². The average molecular weight is 358 g/mol. The van der Waals surface area contributed by atoms with Crippen molar-refractivity contribution < 1.29 is 18.0 Å². The Hall–Kier alpha value is -2.63. The van der Waals surface area contributed by atoms with E-state index in [-0.39, 0.29) is 5.91 Å². The summed E-state index contributed by atoms with van der Waals surface area (Å²) in [5.74, 6) is 0.760. The summed E-state index contributed by atoms with van der Waals surface area (Å²) in [5.41, 5.74) is 1.18. The van der Waals surface area contributed by atoms with Crippen LogP contribution in [0.15, 0.2) is 53.5 Å². The van der Waals surface area contributed by atoms with E-state index in [1.54, 1.807) is 4.90 Å². The summed E-state index contributed by atoms with van der Waals surface area (Å²) in [4.78, 5) is 18.8. The SMILES string of the molecule is CCN1C(=O)C2(CC2)N=C1c1ccc(-c2ccc(C(F)(F)F)cc2)cc1. The molecule has 0 unspecified atom stereocenters. The third-order valence-corrected chi connectivity index (χ3v) is 4.95. The zero-order chi connectivity index (χ0) is 18.5. The lowest BCUT2D eigenvalue weighted by molar-refractivity contribution is -0.137. The molecule has 1 amide bonds. The number of hydrogen-bond donors (Lipinski definition) is 0. The molecule has 0 radical (unpaired) electrons. The van der Waals surface area contributed by atoms with Crippen LogP contribution in [0.5, 0.6) is 0 Å². The second-order valence-corrected chi connectivity index (χ2v) is 6.67. The van der Waals surface area contributed by atoms with Gasteiger partial charge in [0.2, 0.25) is 0 Å². The molecule has 0 atom stereocenters. The maximum Gasteiger partial charge on any atom is 0.416 e. The predicted octanol–water partition coefficient (Wildman–Crippen LogP) is 4.51. The molecule has 2 aliphatic rings. The molecule has 0 saturated heterocycles. The van der Waals surface area contributed by atoms with Crippen molar-refractivity contribution in [1.29, 1.82) is 0 Å². The molecule has 1 heterocycles. The largest absolute Gasteiger partial charge is 0.416 e. The number of rotatable bonds is 3. The highest BCUT2D eigenvalue weighted by Gasteiger charge is 2.56. The van der Waals surface area contributed by atoms with Crippen molar-refractivity contribution in [2.75, 3.05) is 6.54 Å². The van der Waals surface area contributed by atoms with Gasteiger partial charge in [-0.3, -0.25) is 14.7 Å². The Morgan fingerprint density at radius 3 is 1.92 bits per heavy atom. The second kappa shape index (κ2) is 5.69. The fourth-order valence-electron chi connectivity index (χ4n) is 3.28. The fourth-order valence-corrected chi connectivity index (χ4v) is 3.28. The van der Waals surface area contributed by atoms with Gasteiger partial charge in [-0.2, -0.15) is 13.2 Å². The summed E-state index contributed by atoms with van der Waals surface area (Å²) in [6, 6.07) is 12.5. The topological polar surface area (TPSA) is 32.7 Å². The number of carbonyl (C=O) groups is 1. The summed E-state index contributed by atoms with van der Waals surface area (Å²) in [5, 5.41) is 0. The lowest BCUT2D eigenvalue weighted by atomic mass is 10.0. The third kappa shape index (κ3) is 2.69. The molecule has 4 rings (SSSR count). The van der Waals surface area contributed by atoms with Gasteiger partial charge in [-0.05, 0) is 43.0 Å². The highest BCUT2D eigenvalue weighted by atomic mass is 19.4. The van der Waals surface area contributed by atoms with Gasteiger partial charge in [0.15, 0.2) is 0 Å². The van der Waals surface area contributed by atoms with Gasteiger partial charge in [-0.25, -0.2) is 0 Å². The van der Waals surface area contributed by atoms with Crippen LogP contribution in [0.3, 0.4) is 0 Å². The standard InChI is InChI=1S/C20H17F3N2O/c1-2-25-17(24-19(11-12-19)18(25)26)15-5-3-13(4-6-15)14-7-9-16(10-8-14)20(21,22)23/h3-10H,2,11-12H2,1H3. The first-order valence-electron chi connectivity index (χ1n) is 8.54. The van der Waals surface area contributed by atoms with Crippen LogP contribution in [-0.2, 0) is 11.0 Å². The van der Waals surface area contributed by atoms with E-state index in [0.717, 1.165) is 36.1 Å². The summed E-state index contributed by atoms with van der Waals surface area (Å²) in [6.07, 6.45) is -2.73. The van der Waals surface area contributed by atoms with Crippen molar-refractivity contribution in [2.45, 2.75) is 31.5 Å². The predicted molar refractivity (Wildman–Crippen MR) is 92.8 cm³/mol. The highest BCUT2D eigenvalue weighted by Crippen LogP contribution is 2.45. The molecule has 1 saturated carbocycles. The maximum atomic E-state index is 12.7. The molecular weight excluding hydrogens is 341 g/mol. The lowest BCUT2D eigenvalue weighted by Gasteiger charge is -2.17. The van der Waals surface area contributed by atoms with Crippen molar-refractivity contribution in [1.82, 2.24) is 4.90 Å². The normalized spacial score (nSPS) is 18.4. The van der Waals surface area contributed by atoms with Gasteiger partial charge in [0.25, 0.3) is 5.91 Å². The van der Waals surface area contributed by atoms with Crippen molar-refractivity contribution in [2.24, 2.45) is 4.99 Å². The fraction of sp³-hybridized carbons (Fsp3) is 0.300. The van der Waals surface area contributed by atoms with E-state index in [2.05, 4.69) is 4.99 Å². The van der Waals surface area contributed by atoms with Gasteiger partial charge >= 0.3 is 6.18 Å². The Bertz CT molecular complexity index is 879. The molecule has 1 aliphatic heterocycles. The van der Waals surface area contributed by atoms with Crippen LogP contribution in [0, 0.1) is 0 Å². The monoisotopic (exact) mass is 358 g/mol. The third-order valence-electron chi connectivity index (χ3n) is 4.95. The maximum absolute atomic E-state index is 12.7. The average Bonchev–Trinajstić information content (AvgIpc) is 3.36. The van der Waals surface area contributed by atoms with Gasteiger partial charge < -0.3 is 0 Å². The number of alkyl halides is 3. The van der Waals surface area contributed by atoms with E-state index < -0.39 is 17.3 Å². The Morgan fingerprint density at radius 1 is 0.962 bits per heavy atom.